The van der Waals surface area contributed by atoms with E-state index in [1.54, 1.807) is 61.8 Å². The third-order valence-corrected chi connectivity index (χ3v) is 3.44. The van der Waals surface area contributed by atoms with Crippen LogP contribution in [0, 0.1) is 0 Å². The number of nitrogens with zero attached hydrogens (tertiary/aromatic N) is 1. The molecule has 0 fully saturated rings. The van der Waals surface area contributed by atoms with E-state index >= 15 is 0 Å². The Bertz CT molecular complexity index is 911. The minimum absolute atomic E-state index is 0.128. The summed E-state index contributed by atoms with van der Waals surface area (Å²) in [6.07, 6.45) is 1.67. The average molecular weight is 324 g/mol. The van der Waals surface area contributed by atoms with Crippen LogP contribution in [0.3, 0.4) is 0 Å². The second kappa shape index (κ2) is 6.87. The third-order valence-electron chi connectivity index (χ3n) is 3.44. The largest absolute Gasteiger partial charge is 0.497 e. The van der Waals surface area contributed by atoms with Crippen molar-refractivity contribution < 1.29 is 13.9 Å². The standard InChI is InChI=1S/C18H16N2O4/c1-23-14-6-4-5-13(11-14)19-18(22)16-9-8-15(24-16)12-20-10-3-2-7-17(20)21/h2-11H,12H2,1H3,(H,19,22). The van der Waals surface area contributed by atoms with E-state index in [0.29, 0.717) is 17.2 Å². The van der Waals surface area contributed by atoms with Gasteiger partial charge in [0.15, 0.2) is 5.76 Å². The molecule has 0 unspecified atom stereocenters. The van der Waals surface area contributed by atoms with Crippen molar-refractivity contribution in [1.82, 2.24) is 4.57 Å². The quantitative estimate of drug-likeness (QED) is 0.783. The van der Waals surface area contributed by atoms with Gasteiger partial charge in [0.1, 0.15) is 11.5 Å². The molecule has 1 aromatic carbocycles. The van der Waals surface area contributed by atoms with Gasteiger partial charge >= 0.3 is 0 Å². The second-order valence-electron chi connectivity index (χ2n) is 5.12. The number of nitrogens with one attached hydrogen (secondary N) is 1. The van der Waals surface area contributed by atoms with Crippen molar-refractivity contribution in [3.63, 3.8) is 0 Å². The molecule has 0 saturated heterocycles. The number of hydrogen-bond acceptors (Lipinski definition) is 4. The molecule has 1 amide bonds. The Morgan fingerprint density at radius 2 is 2.04 bits per heavy atom. The van der Waals surface area contributed by atoms with Gasteiger partial charge in [0, 0.05) is 24.0 Å². The van der Waals surface area contributed by atoms with Gasteiger partial charge in [-0.3, -0.25) is 9.59 Å². The highest BCUT2D eigenvalue weighted by Gasteiger charge is 2.12. The van der Waals surface area contributed by atoms with Crippen LogP contribution in [-0.2, 0) is 6.54 Å². The van der Waals surface area contributed by atoms with Crippen LogP contribution >= 0.6 is 0 Å². The first-order valence-corrected chi connectivity index (χ1v) is 7.35. The minimum Gasteiger partial charge on any atom is -0.497 e. The Labute approximate surface area is 138 Å². The summed E-state index contributed by atoms with van der Waals surface area (Å²) in [5.74, 6) is 0.988. The first-order valence-electron chi connectivity index (χ1n) is 7.35. The molecule has 2 aromatic heterocycles. The third kappa shape index (κ3) is 3.55. The minimum atomic E-state index is -0.366. The number of carbonyl (C=O) groups excluding carboxylic acids is 1. The molecule has 6 nitrogen and oxygen atoms in total. The molecule has 3 rings (SSSR count). The van der Waals surface area contributed by atoms with Crippen molar-refractivity contribution in [2.75, 3.05) is 12.4 Å². The van der Waals surface area contributed by atoms with E-state index in [1.807, 2.05) is 0 Å². The summed E-state index contributed by atoms with van der Waals surface area (Å²) in [5.41, 5.74) is 0.480. The Hall–Kier alpha value is -3.28. The molecule has 6 heteroatoms. The van der Waals surface area contributed by atoms with Crippen LogP contribution in [0.4, 0.5) is 5.69 Å². The summed E-state index contributed by atoms with van der Waals surface area (Å²) >= 11 is 0. The van der Waals surface area contributed by atoms with E-state index in [-0.39, 0.29) is 23.8 Å². The number of rotatable bonds is 5. The molecule has 0 bridgehead atoms. The Kier molecular flexibility index (Phi) is 4.47. The fraction of sp³-hybridized carbons (Fsp3) is 0.111. The number of pyridine rings is 1. The zero-order chi connectivity index (χ0) is 16.9. The molecule has 3 aromatic rings. The van der Waals surface area contributed by atoms with Crippen molar-refractivity contribution in [1.29, 1.82) is 0 Å². The van der Waals surface area contributed by atoms with Crippen LogP contribution in [0.1, 0.15) is 16.3 Å². The SMILES string of the molecule is COc1cccc(NC(=O)c2ccc(Cn3ccccc3=O)o2)c1. The number of methoxy groups -OCH3 is 1. The number of aromatic nitrogens is 1. The van der Waals surface area contributed by atoms with E-state index in [4.69, 9.17) is 9.15 Å². The van der Waals surface area contributed by atoms with E-state index in [9.17, 15) is 9.59 Å². The number of anilines is 1. The maximum atomic E-state index is 12.2. The Morgan fingerprint density at radius 1 is 1.17 bits per heavy atom. The van der Waals surface area contributed by atoms with Gasteiger partial charge in [-0.25, -0.2) is 0 Å². The summed E-state index contributed by atoms with van der Waals surface area (Å²) in [5, 5.41) is 2.74. The lowest BCUT2D eigenvalue weighted by Gasteiger charge is -2.05. The number of carbonyl (C=O) groups is 1. The van der Waals surface area contributed by atoms with Crippen LogP contribution in [0.2, 0.25) is 0 Å². The van der Waals surface area contributed by atoms with Crippen molar-refractivity contribution in [2.24, 2.45) is 0 Å². The van der Waals surface area contributed by atoms with Gasteiger partial charge in [-0.1, -0.05) is 12.1 Å². The molecule has 1 N–H and O–H groups in total. The fourth-order valence-electron chi connectivity index (χ4n) is 2.24. The highest BCUT2D eigenvalue weighted by molar-refractivity contribution is 6.02. The van der Waals surface area contributed by atoms with E-state index < -0.39 is 0 Å². The van der Waals surface area contributed by atoms with Gasteiger partial charge in [0.05, 0.1) is 13.7 Å². The van der Waals surface area contributed by atoms with Crippen LogP contribution in [0.5, 0.6) is 5.75 Å². The van der Waals surface area contributed by atoms with E-state index in [1.165, 1.54) is 10.6 Å². The van der Waals surface area contributed by atoms with E-state index in [2.05, 4.69) is 5.32 Å². The van der Waals surface area contributed by atoms with Crippen LogP contribution in [0.25, 0.3) is 0 Å². The molecule has 0 spiro atoms. The molecule has 0 atom stereocenters. The number of benzene rings is 1. The topological polar surface area (TPSA) is 73.5 Å². The molecule has 0 saturated carbocycles. The lowest BCUT2D eigenvalue weighted by molar-refractivity contribution is 0.0994. The van der Waals surface area contributed by atoms with Gasteiger partial charge in [-0.2, -0.15) is 0 Å². The van der Waals surface area contributed by atoms with Crippen LogP contribution in [-0.4, -0.2) is 17.6 Å². The first-order chi connectivity index (χ1) is 11.7. The summed E-state index contributed by atoms with van der Waals surface area (Å²) < 4.78 is 12.1. The van der Waals surface area contributed by atoms with Gasteiger partial charge in [0.25, 0.3) is 11.5 Å². The van der Waals surface area contributed by atoms with Gasteiger partial charge in [0.2, 0.25) is 0 Å². The molecule has 0 radical (unpaired) electrons. The number of furan rings is 1. The molecule has 0 aliphatic carbocycles. The normalized spacial score (nSPS) is 10.4. The fourth-order valence-corrected chi connectivity index (χ4v) is 2.24. The zero-order valence-corrected chi connectivity index (χ0v) is 13.1. The Balaban J connectivity index is 1.71. The molecule has 24 heavy (non-hydrogen) atoms. The van der Waals surface area contributed by atoms with Crippen LogP contribution < -0.4 is 15.6 Å². The molecule has 0 aliphatic heterocycles. The predicted octanol–water partition coefficient (Wildman–Crippen LogP) is 2.75. The summed E-state index contributed by atoms with van der Waals surface area (Å²) in [4.78, 5) is 23.9. The van der Waals surface area contributed by atoms with Gasteiger partial charge in [-0.15, -0.1) is 0 Å². The number of amides is 1. The summed E-state index contributed by atoms with van der Waals surface area (Å²) in [7, 11) is 1.56. The molecule has 122 valence electrons. The van der Waals surface area contributed by atoms with Crippen molar-refractivity contribution in [3.8, 4) is 5.75 Å². The van der Waals surface area contributed by atoms with E-state index in [0.717, 1.165) is 0 Å². The zero-order valence-electron chi connectivity index (χ0n) is 13.1. The molecular weight excluding hydrogens is 308 g/mol. The molecule has 0 aliphatic rings. The number of hydrogen-bond donors (Lipinski definition) is 1. The van der Waals surface area contributed by atoms with Crippen LogP contribution in [0.15, 0.2) is 70.0 Å². The predicted molar refractivity (Wildman–Crippen MR) is 89.5 cm³/mol. The molecular formula is C18H16N2O4. The van der Waals surface area contributed by atoms with Gasteiger partial charge in [-0.05, 0) is 30.3 Å². The van der Waals surface area contributed by atoms with Crippen molar-refractivity contribution in [3.05, 3.63) is 82.7 Å². The second-order valence-corrected chi connectivity index (χ2v) is 5.12. The Morgan fingerprint density at radius 3 is 2.83 bits per heavy atom. The average Bonchev–Trinajstić information content (AvgIpc) is 3.06. The van der Waals surface area contributed by atoms with Crippen molar-refractivity contribution in [2.45, 2.75) is 6.54 Å². The molecule has 2 heterocycles. The number of ether oxygens (including phenoxy) is 1. The summed E-state index contributed by atoms with van der Waals surface area (Å²) in [6, 6.07) is 15.2. The monoisotopic (exact) mass is 324 g/mol. The highest BCUT2D eigenvalue weighted by Crippen LogP contribution is 2.18. The highest BCUT2D eigenvalue weighted by atomic mass is 16.5. The van der Waals surface area contributed by atoms with Crippen molar-refractivity contribution >= 4 is 11.6 Å². The smallest absolute Gasteiger partial charge is 0.291 e. The maximum absolute atomic E-state index is 12.2. The maximum Gasteiger partial charge on any atom is 0.291 e. The summed E-state index contributed by atoms with van der Waals surface area (Å²) in [6.45, 7) is 0.270. The lowest BCUT2D eigenvalue weighted by Crippen LogP contribution is -2.18. The lowest BCUT2D eigenvalue weighted by atomic mass is 10.3. The van der Waals surface area contributed by atoms with Gasteiger partial charge < -0.3 is 19.0 Å². The first kappa shape index (κ1) is 15.6.